The first kappa shape index (κ1) is 26.7. The second kappa shape index (κ2) is 10.5. The van der Waals surface area contributed by atoms with Crippen LogP contribution in [0.2, 0.25) is 5.02 Å². The maximum absolute atomic E-state index is 14.4. The number of amides is 1. The molecular weight excluding hydrogens is 556 g/mol. The minimum atomic E-state index is -4.19. The Bertz CT molecular complexity index is 2040. The number of fused-ring (bicyclic) bond motifs is 2. The summed E-state index contributed by atoms with van der Waals surface area (Å²) in [5.41, 5.74) is 3.66. The van der Waals surface area contributed by atoms with Crippen LogP contribution in [0, 0.1) is 6.92 Å². The van der Waals surface area contributed by atoms with Crippen LogP contribution in [0.15, 0.2) is 113 Å². The highest BCUT2D eigenvalue weighted by Gasteiger charge is 2.34. The maximum atomic E-state index is 14.4. The molecule has 0 bridgehead atoms. The Morgan fingerprint density at radius 2 is 1.44 bits per heavy atom. The molecule has 2 heterocycles. The van der Waals surface area contributed by atoms with Crippen LogP contribution >= 0.6 is 11.6 Å². The Hall–Kier alpha value is -4.53. The highest BCUT2D eigenvalue weighted by molar-refractivity contribution is 7.92. The van der Waals surface area contributed by atoms with Gasteiger partial charge in [0.2, 0.25) is 9.84 Å². The second-order valence-electron chi connectivity index (χ2n) is 9.77. The normalized spacial score (nSPS) is 12.5. The van der Waals surface area contributed by atoms with Crippen LogP contribution in [0.4, 0.5) is 5.82 Å². The maximum Gasteiger partial charge on any atom is 0.258 e. The van der Waals surface area contributed by atoms with Gasteiger partial charge in [0.25, 0.3) is 5.91 Å². The Morgan fingerprint density at radius 3 is 2.12 bits per heavy atom. The van der Waals surface area contributed by atoms with Gasteiger partial charge in [-0.25, -0.2) is 18.4 Å². The van der Waals surface area contributed by atoms with E-state index >= 15 is 0 Å². The first-order valence-electron chi connectivity index (χ1n) is 13.0. The molecule has 0 fully saturated rings. The van der Waals surface area contributed by atoms with Crippen molar-refractivity contribution in [1.29, 1.82) is 0 Å². The van der Waals surface area contributed by atoms with E-state index in [0.717, 1.165) is 11.1 Å². The number of aryl methyl sites for hydroxylation is 1. The topological polar surface area (TPSA) is 94.0 Å². The number of halogens is 1. The van der Waals surface area contributed by atoms with Crippen LogP contribution in [0.5, 0.6) is 0 Å². The molecule has 7 nitrogen and oxygen atoms in total. The summed E-state index contributed by atoms with van der Waals surface area (Å²) in [5, 5.41) is 3.14. The van der Waals surface area contributed by atoms with Gasteiger partial charge in [-0.3, -0.25) is 4.79 Å². The van der Waals surface area contributed by atoms with Crippen molar-refractivity contribution >= 4 is 55.4 Å². The molecule has 1 N–H and O–H groups in total. The minimum Gasteiger partial charge on any atom is -0.307 e. The molecule has 4 aromatic carbocycles. The number of carbonyl (C=O) groups is 1. The molecule has 9 heteroatoms. The van der Waals surface area contributed by atoms with Crippen LogP contribution in [-0.2, 0) is 9.84 Å². The molecule has 0 radical (unpaired) electrons. The summed E-state index contributed by atoms with van der Waals surface area (Å²) in [7, 11) is -4.19. The summed E-state index contributed by atoms with van der Waals surface area (Å²) >= 11 is 6.36. The zero-order valence-corrected chi connectivity index (χ0v) is 23.8. The van der Waals surface area contributed by atoms with Crippen molar-refractivity contribution < 1.29 is 13.2 Å². The molecule has 6 rings (SSSR count). The number of nitrogens with one attached hydrogen (secondary N) is 1. The summed E-state index contributed by atoms with van der Waals surface area (Å²) in [6.45, 7) is 3.82. The smallest absolute Gasteiger partial charge is 0.258 e. The highest BCUT2D eigenvalue weighted by Crippen LogP contribution is 2.40. The zero-order chi connectivity index (χ0) is 28.7. The molecule has 1 amide bonds. The minimum absolute atomic E-state index is 0.0668. The highest BCUT2D eigenvalue weighted by atomic mass is 35.5. The van der Waals surface area contributed by atoms with E-state index in [-0.39, 0.29) is 31.7 Å². The third kappa shape index (κ3) is 4.75. The molecule has 0 unspecified atom stereocenters. The Balaban J connectivity index is 1.71. The second-order valence-corrected chi connectivity index (χ2v) is 12.1. The van der Waals surface area contributed by atoms with Gasteiger partial charge in [-0.15, -0.1) is 0 Å². The Kier molecular flexibility index (Phi) is 6.81. The molecule has 41 heavy (non-hydrogen) atoms. The van der Waals surface area contributed by atoms with E-state index in [0.29, 0.717) is 16.7 Å². The number of anilines is 1. The first-order valence-corrected chi connectivity index (χ1v) is 14.8. The van der Waals surface area contributed by atoms with Gasteiger partial charge in [0.05, 0.1) is 32.6 Å². The number of carbonyl (C=O) groups excluding carboxylic acids is 1. The predicted molar refractivity (Wildman–Crippen MR) is 161 cm³/mol. The lowest BCUT2D eigenvalue weighted by Crippen LogP contribution is -2.20. The largest absolute Gasteiger partial charge is 0.307 e. The summed E-state index contributed by atoms with van der Waals surface area (Å²) in [4.78, 5) is 23.3. The van der Waals surface area contributed by atoms with Crippen LogP contribution < -0.4 is 5.32 Å². The summed E-state index contributed by atoms with van der Waals surface area (Å²) in [5.74, 6) is -0.484. The number of para-hydroxylation sites is 2. The van der Waals surface area contributed by atoms with Crippen molar-refractivity contribution in [2.45, 2.75) is 29.7 Å². The Morgan fingerprint density at radius 1 is 0.829 bits per heavy atom. The van der Waals surface area contributed by atoms with Crippen LogP contribution in [0.25, 0.3) is 22.2 Å². The lowest BCUT2D eigenvalue weighted by Gasteiger charge is -2.20. The molecule has 0 spiro atoms. The third-order valence-electron chi connectivity index (χ3n) is 7.07. The fourth-order valence-corrected chi connectivity index (χ4v) is 6.67. The number of hydrogen-bond acceptors (Lipinski definition) is 5. The molecule has 1 atom stereocenters. The standard InChI is InChI=1S/C32H25ClN4O3S/c1-20-16-18-23(19-17-20)41(39,40)29-28-30(35-27-15-9-8-14-26(27)34-28)37(21(2)22-10-4-3-5-11-22)31(29)36-32(38)24-12-6-7-13-25(24)33/h3-19,21H,1-2H3,(H,36,38)/t21-/m1/s1. The molecule has 0 aliphatic carbocycles. The Labute approximate surface area is 242 Å². The van der Waals surface area contributed by atoms with Crippen molar-refractivity contribution in [3.8, 4) is 0 Å². The lowest BCUT2D eigenvalue weighted by molar-refractivity contribution is 0.102. The van der Waals surface area contributed by atoms with E-state index in [4.69, 9.17) is 21.6 Å². The average Bonchev–Trinajstić information content (AvgIpc) is 3.29. The number of rotatable bonds is 6. The third-order valence-corrected chi connectivity index (χ3v) is 9.22. The summed E-state index contributed by atoms with van der Waals surface area (Å²) in [6, 6.07) is 29.7. The van der Waals surface area contributed by atoms with Crippen LogP contribution in [-0.4, -0.2) is 28.9 Å². The van der Waals surface area contributed by atoms with Gasteiger partial charge < -0.3 is 9.88 Å². The van der Waals surface area contributed by atoms with E-state index in [2.05, 4.69) is 5.32 Å². The quantitative estimate of drug-likeness (QED) is 0.224. The van der Waals surface area contributed by atoms with Crippen molar-refractivity contribution in [3.63, 3.8) is 0 Å². The van der Waals surface area contributed by atoms with Gasteiger partial charge in [-0.2, -0.15) is 0 Å². The number of benzene rings is 4. The molecule has 0 saturated heterocycles. The number of sulfone groups is 1. The summed E-state index contributed by atoms with van der Waals surface area (Å²) in [6.07, 6.45) is 0. The lowest BCUT2D eigenvalue weighted by atomic mass is 10.1. The first-order chi connectivity index (χ1) is 19.8. The molecular formula is C32H25ClN4O3S. The van der Waals surface area contributed by atoms with E-state index in [9.17, 15) is 13.2 Å². The molecule has 6 aromatic rings. The van der Waals surface area contributed by atoms with E-state index < -0.39 is 21.8 Å². The van der Waals surface area contributed by atoms with Crippen molar-refractivity contribution in [3.05, 3.63) is 125 Å². The van der Waals surface area contributed by atoms with E-state index in [1.165, 1.54) is 0 Å². The monoisotopic (exact) mass is 580 g/mol. The summed E-state index contributed by atoms with van der Waals surface area (Å²) < 4.78 is 30.6. The molecule has 0 aliphatic heterocycles. The molecule has 0 saturated carbocycles. The SMILES string of the molecule is Cc1ccc(S(=O)(=O)c2c(NC(=O)c3ccccc3Cl)n([C@H](C)c3ccccc3)c3nc4ccccc4nc23)cc1. The van der Waals surface area contributed by atoms with Crippen LogP contribution in [0.3, 0.4) is 0 Å². The molecule has 0 aliphatic rings. The molecule has 2 aromatic heterocycles. The molecule has 204 valence electrons. The fourth-order valence-electron chi connectivity index (χ4n) is 4.92. The van der Waals surface area contributed by atoms with Gasteiger partial charge in [-0.05, 0) is 55.8 Å². The van der Waals surface area contributed by atoms with Gasteiger partial charge in [0.1, 0.15) is 16.2 Å². The van der Waals surface area contributed by atoms with E-state index in [1.807, 2.05) is 62.4 Å². The predicted octanol–water partition coefficient (Wildman–Crippen LogP) is 7.24. The van der Waals surface area contributed by atoms with Gasteiger partial charge in [-0.1, -0.05) is 83.9 Å². The van der Waals surface area contributed by atoms with Crippen LogP contribution in [0.1, 0.15) is 34.5 Å². The average molecular weight is 581 g/mol. The van der Waals surface area contributed by atoms with Gasteiger partial charge in [0, 0.05) is 0 Å². The van der Waals surface area contributed by atoms with Gasteiger partial charge >= 0.3 is 0 Å². The fraction of sp³-hybridized carbons (Fsp3) is 0.0938. The van der Waals surface area contributed by atoms with Crippen molar-refractivity contribution in [2.24, 2.45) is 0 Å². The zero-order valence-electron chi connectivity index (χ0n) is 22.2. The number of aromatic nitrogens is 3. The van der Waals surface area contributed by atoms with Gasteiger partial charge in [0.15, 0.2) is 5.65 Å². The van der Waals surface area contributed by atoms with E-state index in [1.54, 1.807) is 59.2 Å². The number of hydrogen-bond donors (Lipinski definition) is 1. The van der Waals surface area contributed by atoms with Crippen molar-refractivity contribution in [1.82, 2.24) is 14.5 Å². The number of nitrogens with zero attached hydrogens (tertiary/aromatic N) is 3. The van der Waals surface area contributed by atoms with Crippen molar-refractivity contribution in [2.75, 3.05) is 5.32 Å².